The van der Waals surface area contributed by atoms with Crippen LogP contribution in [0.25, 0.3) is 10.2 Å². The number of nitrogens with one attached hydrogen (secondary N) is 2. The minimum absolute atomic E-state index is 0.0179. The van der Waals surface area contributed by atoms with Gasteiger partial charge in [-0.1, -0.05) is 17.4 Å². The molecule has 0 unspecified atom stereocenters. The number of aromatic carboxylic acids is 1. The minimum Gasteiger partial charge on any atom is -0.512 e. The number of anilines is 1. The average molecular weight is 585 g/mol. The standard InChI is InChI=1S/C29H27F3N4O4S/c30-19-2-1-3-20(31)23(19)24(34)18(26(37)14-4-5-14)11-40-17-8-16-10-36(13-29(16,9-17)12-33)28-35-25-21(32)6-15(27(38)39)7-22(25)41-28/h1-3,6-7,12,14,16-17,33-34,37H,4-5,8-11,13H2,(H,38,39)/b26-18-,33-12?,34-24?/t16-,17+,29-/m1/s1. The van der Waals surface area contributed by atoms with Crippen molar-refractivity contribution in [2.45, 2.75) is 31.8 Å². The number of fused-ring (bicyclic) bond motifs is 2. The predicted molar refractivity (Wildman–Crippen MR) is 148 cm³/mol. The van der Waals surface area contributed by atoms with Gasteiger partial charge in [0.25, 0.3) is 0 Å². The number of halogens is 3. The van der Waals surface area contributed by atoms with Crippen LogP contribution < -0.4 is 4.90 Å². The normalized spacial score (nSPS) is 24.4. The molecule has 6 rings (SSSR count). The molecule has 4 N–H and O–H groups in total. The maximum absolute atomic E-state index is 14.5. The van der Waals surface area contributed by atoms with Crippen molar-refractivity contribution in [3.63, 3.8) is 0 Å². The molecule has 0 amide bonds. The van der Waals surface area contributed by atoms with E-state index in [4.69, 9.17) is 15.6 Å². The first-order valence-corrected chi connectivity index (χ1v) is 14.1. The summed E-state index contributed by atoms with van der Waals surface area (Å²) in [7, 11) is 0. The first kappa shape index (κ1) is 27.4. The van der Waals surface area contributed by atoms with E-state index in [2.05, 4.69) is 4.98 Å². The SMILES string of the molecule is N=C[C@@]12C[C@@H](OC/C(C(=N)c3c(F)cccc3F)=C(/O)C3CC3)C[C@@H]1CN(c1nc3c(F)cc(C(=O)O)cc3s1)C2. The van der Waals surface area contributed by atoms with Gasteiger partial charge in [0.2, 0.25) is 0 Å². The quantitative estimate of drug-likeness (QED) is 0.182. The van der Waals surface area contributed by atoms with Crippen LogP contribution in [0.5, 0.6) is 0 Å². The van der Waals surface area contributed by atoms with Gasteiger partial charge in [0.15, 0.2) is 10.9 Å². The van der Waals surface area contributed by atoms with E-state index in [0.717, 1.165) is 31.0 Å². The summed E-state index contributed by atoms with van der Waals surface area (Å²) in [5.41, 5.74) is -1.45. The van der Waals surface area contributed by atoms with Crippen LogP contribution >= 0.6 is 11.3 Å². The van der Waals surface area contributed by atoms with Crippen LogP contribution in [0.1, 0.15) is 41.6 Å². The Morgan fingerprint density at radius 2 is 1.93 bits per heavy atom. The topological polar surface area (TPSA) is 131 Å². The van der Waals surface area contributed by atoms with Gasteiger partial charge in [-0.15, -0.1) is 0 Å². The second kappa shape index (κ2) is 10.3. The lowest BCUT2D eigenvalue weighted by Gasteiger charge is -2.24. The Labute approximate surface area is 237 Å². The fraction of sp³-hybridized carbons (Fsp3) is 0.379. The number of thiazole rings is 1. The van der Waals surface area contributed by atoms with Gasteiger partial charge in [0.1, 0.15) is 22.9 Å². The van der Waals surface area contributed by atoms with E-state index in [-0.39, 0.29) is 47.0 Å². The Hall–Kier alpha value is -3.77. The van der Waals surface area contributed by atoms with Crippen molar-refractivity contribution in [2.75, 3.05) is 24.6 Å². The summed E-state index contributed by atoms with van der Waals surface area (Å²) in [6, 6.07) is 5.72. The number of carbonyl (C=O) groups is 1. The highest BCUT2D eigenvalue weighted by atomic mass is 32.1. The molecule has 12 heteroatoms. The molecule has 2 aromatic carbocycles. The molecule has 2 saturated carbocycles. The van der Waals surface area contributed by atoms with Gasteiger partial charge in [0, 0.05) is 36.2 Å². The molecule has 1 saturated heterocycles. The Balaban J connectivity index is 1.18. The maximum atomic E-state index is 14.5. The summed E-state index contributed by atoms with van der Waals surface area (Å²) in [5.74, 6) is -3.90. The van der Waals surface area contributed by atoms with Crippen LogP contribution in [0.4, 0.5) is 18.3 Å². The van der Waals surface area contributed by atoms with E-state index in [0.29, 0.717) is 35.8 Å². The number of ether oxygens (including phenoxy) is 1. The first-order chi connectivity index (χ1) is 19.6. The minimum atomic E-state index is -1.22. The van der Waals surface area contributed by atoms with Crippen LogP contribution in [0.2, 0.25) is 0 Å². The number of nitrogens with zero attached hydrogens (tertiary/aromatic N) is 2. The zero-order valence-electron chi connectivity index (χ0n) is 21.8. The zero-order valence-corrected chi connectivity index (χ0v) is 22.6. The Kier molecular flexibility index (Phi) is 6.85. The lowest BCUT2D eigenvalue weighted by Crippen LogP contribution is -2.30. The molecule has 2 aliphatic carbocycles. The molecule has 3 fully saturated rings. The van der Waals surface area contributed by atoms with Crippen molar-refractivity contribution in [3.05, 3.63) is 70.2 Å². The Bertz CT molecular complexity index is 1600. The lowest BCUT2D eigenvalue weighted by atomic mass is 9.82. The summed E-state index contributed by atoms with van der Waals surface area (Å²) in [4.78, 5) is 17.7. The van der Waals surface area contributed by atoms with Gasteiger partial charge in [0.05, 0.1) is 34.2 Å². The third-order valence-corrected chi connectivity index (χ3v) is 9.45. The van der Waals surface area contributed by atoms with Gasteiger partial charge in [-0.05, 0) is 55.9 Å². The van der Waals surface area contributed by atoms with Crippen LogP contribution in [0, 0.1) is 45.5 Å². The number of benzene rings is 2. The fourth-order valence-corrected chi connectivity index (χ4v) is 7.09. The smallest absolute Gasteiger partial charge is 0.335 e. The van der Waals surface area contributed by atoms with Crippen molar-refractivity contribution in [2.24, 2.45) is 17.3 Å². The third-order valence-electron chi connectivity index (χ3n) is 8.39. The van der Waals surface area contributed by atoms with Crippen LogP contribution in [-0.2, 0) is 4.74 Å². The summed E-state index contributed by atoms with van der Waals surface area (Å²) in [6.07, 6.45) is 3.62. The van der Waals surface area contributed by atoms with Gasteiger partial charge in [-0.25, -0.2) is 22.9 Å². The molecule has 0 bridgehead atoms. The molecule has 214 valence electrons. The van der Waals surface area contributed by atoms with E-state index in [1.807, 2.05) is 4.90 Å². The molecule has 2 heterocycles. The zero-order chi connectivity index (χ0) is 29.1. The monoisotopic (exact) mass is 584 g/mol. The molecule has 3 atom stereocenters. The number of carboxylic acids is 1. The number of allylic oxidation sites excluding steroid dienone is 1. The molecule has 1 aromatic heterocycles. The van der Waals surface area contributed by atoms with Crippen LogP contribution in [-0.4, -0.2) is 58.9 Å². The highest BCUT2D eigenvalue weighted by Crippen LogP contribution is 2.50. The summed E-state index contributed by atoms with van der Waals surface area (Å²) >= 11 is 1.20. The molecular formula is C29H27F3N4O4S. The number of hydrogen-bond donors (Lipinski definition) is 4. The number of aromatic nitrogens is 1. The maximum Gasteiger partial charge on any atom is 0.335 e. The van der Waals surface area contributed by atoms with Crippen LogP contribution in [0.15, 0.2) is 41.7 Å². The molecule has 3 aliphatic rings. The third kappa shape index (κ3) is 4.88. The Morgan fingerprint density at radius 3 is 2.56 bits per heavy atom. The summed E-state index contributed by atoms with van der Waals surface area (Å²) < 4.78 is 50.0. The highest BCUT2D eigenvalue weighted by Gasteiger charge is 2.53. The molecule has 3 aromatic rings. The van der Waals surface area contributed by atoms with Crippen molar-refractivity contribution in [1.82, 2.24) is 4.98 Å². The van der Waals surface area contributed by atoms with E-state index < -0.39 is 40.1 Å². The number of hydrogen-bond acceptors (Lipinski definition) is 8. The van der Waals surface area contributed by atoms with E-state index in [1.165, 1.54) is 29.7 Å². The van der Waals surface area contributed by atoms with E-state index in [9.17, 15) is 28.2 Å². The van der Waals surface area contributed by atoms with Crippen LogP contribution in [0.3, 0.4) is 0 Å². The second-order valence-corrected chi connectivity index (χ2v) is 12.1. The van der Waals surface area contributed by atoms with Crippen molar-refractivity contribution >= 4 is 44.6 Å². The number of rotatable bonds is 9. The molecule has 41 heavy (non-hydrogen) atoms. The average Bonchev–Trinajstić information content (AvgIpc) is 3.45. The van der Waals surface area contributed by atoms with Gasteiger partial charge in [-0.3, -0.25) is 5.41 Å². The molecular weight excluding hydrogens is 557 g/mol. The van der Waals surface area contributed by atoms with E-state index in [1.54, 1.807) is 0 Å². The highest BCUT2D eigenvalue weighted by molar-refractivity contribution is 7.22. The van der Waals surface area contributed by atoms with Crippen molar-refractivity contribution < 1.29 is 32.9 Å². The summed E-state index contributed by atoms with van der Waals surface area (Å²) in [5, 5.41) is 37.4. The molecule has 8 nitrogen and oxygen atoms in total. The van der Waals surface area contributed by atoms with Gasteiger partial charge in [-0.2, -0.15) is 0 Å². The number of carboxylic acid groups (broad SMARTS) is 1. The number of aliphatic hydroxyl groups is 1. The van der Waals surface area contributed by atoms with E-state index >= 15 is 0 Å². The number of aliphatic hydroxyl groups excluding tert-OH is 1. The molecule has 1 aliphatic heterocycles. The Morgan fingerprint density at radius 1 is 1.20 bits per heavy atom. The molecule has 0 radical (unpaired) electrons. The molecule has 0 spiro atoms. The second-order valence-electron chi connectivity index (χ2n) is 11.0. The predicted octanol–water partition coefficient (Wildman–Crippen LogP) is 5.95. The largest absolute Gasteiger partial charge is 0.512 e. The summed E-state index contributed by atoms with van der Waals surface area (Å²) in [6.45, 7) is 0.794. The van der Waals surface area contributed by atoms with Gasteiger partial charge < -0.3 is 25.3 Å². The van der Waals surface area contributed by atoms with Crippen molar-refractivity contribution in [1.29, 1.82) is 10.8 Å². The lowest BCUT2D eigenvalue weighted by molar-refractivity contribution is 0.0683. The fourth-order valence-electron chi connectivity index (χ4n) is 6.06. The van der Waals surface area contributed by atoms with Crippen molar-refractivity contribution in [3.8, 4) is 0 Å². The van der Waals surface area contributed by atoms with Gasteiger partial charge >= 0.3 is 5.97 Å². The first-order valence-electron chi connectivity index (χ1n) is 13.3.